The van der Waals surface area contributed by atoms with Crippen LogP contribution >= 0.6 is 0 Å². The first-order valence-electron chi connectivity index (χ1n) is 6.38. The quantitative estimate of drug-likeness (QED) is 0.793. The van der Waals surface area contributed by atoms with Crippen LogP contribution in [0.3, 0.4) is 0 Å². The summed E-state index contributed by atoms with van der Waals surface area (Å²) in [6.45, 7) is 6.47. The largest absolute Gasteiger partial charge is 0.480 e. The highest BCUT2D eigenvalue weighted by Gasteiger charge is 2.18. The average molecular weight is 260 g/mol. The molecule has 4 nitrogen and oxygen atoms in total. The number of hydrogen-bond acceptors (Lipinski definition) is 2. The highest BCUT2D eigenvalue weighted by molar-refractivity contribution is 5.85. The molecule has 0 saturated heterocycles. The summed E-state index contributed by atoms with van der Waals surface area (Å²) in [5.74, 6) is -0.971. The molecule has 0 saturated carbocycles. The van der Waals surface area contributed by atoms with Crippen molar-refractivity contribution in [3.05, 3.63) is 35.5 Å². The number of aromatic nitrogens is 1. The van der Waals surface area contributed by atoms with Gasteiger partial charge in [-0.25, -0.2) is 0 Å². The fraction of sp³-hybridized carbons (Fsp3) is 0.400. The van der Waals surface area contributed by atoms with Gasteiger partial charge in [0.25, 0.3) is 0 Å². The van der Waals surface area contributed by atoms with Crippen molar-refractivity contribution in [1.82, 2.24) is 4.98 Å². The van der Waals surface area contributed by atoms with Gasteiger partial charge in [0.2, 0.25) is 0 Å². The lowest BCUT2D eigenvalue weighted by molar-refractivity contribution is -0.138. The van der Waals surface area contributed by atoms with Crippen molar-refractivity contribution in [2.75, 3.05) is 0 Å². The topological polar surface area (TPSA) is 79.1 Å². The zero-order valence-corrected chi connectivity index (χ0v) is 11.5. The number of nitrogens with two attached hydrogens (primary N) is 1. The summed E-state index contributed by atoms with van der Waals surface area (Å²) in [4.78, 5) is 14.0. The third-order valence-corrected chi connectivity index (χ3v) is 3.39. The maximum atomic E-state index is 10.9. The van der Waals surface area contributed by atoms with Gasteiger partial charge in [-0.2, -0.15) is 0 Å². The number of aliphatic carboxylic acids is 1. The molecule has 4 N–H and O–H groups in total. The molecule has 0 bridgehead atoms. The summed E-state index contributed by atoms with van der Waals surface area (Å²) < 4.78 is 0. The van der Waals surface area contributed by atoms with E-state index in [1.807, 2.05) is 12.3 Å². The number of fused-ring (bicyclic) bond motifs is 1. The molecule has 0 aliphatic heterocycles. The van der Waals surface area contributed by atoms with Gasteiger partial charge < -0.3 is 15.8 Å². The van der Waals surface area contributed by atoms with Gasteiger partial charge in [-0.1, -0.05) is 26.8 Å². The first kappa shape index (κ1) is 13.6. The summed E-state index contributed by atoms with van der Waals surface area (Å²) in [6.07, 6.45) is 2.18. The minimum Gasteiger partial charge on any atom is -0.480 e. The Hall–Kier alpha value is -1.81. The molecular weight excluding hydrogens is 240 g/mol. The maximum absolute atomic E-state index is 10.9. The fourth-order valence-corrected chi connectivity index (χ4v) is 2.14. The molecule has 4 heteroatoms. The van der Waals surface area contributed by atoms with Gasteiger partial charge in [-0.15, -0.1) is 0 Å². The lowest BCUT2D eigenvalue weighted by Gasteiger charge is -2.19. The molecule has 0 aliphatic rings. The minimum atomic E-state index is -0.971. The number of H-pyrrole nitrogens is 1. The lowest BCUT2D eigenvalue weighted by Crippen LogP contribution is -2.32. The highest BCUT2D eigenvalue weighted by Crippen LogP contribution is 2.28. The molecule has 1 aromatic heterocycles. The molecule has 1 unspecified atom stereocenters. The first-order chi connectivity index (χ1) is 8.79. The Labute approximate surface area is 112 Å². The standard InChI is InChI=1S/C15H20N2O2/c1-15(2,3)10-4-5-13-11(7-10)9(8-17-13)6-12(16)14(18)19/h4-5,7-8,12,17H,6,16H2,1-3H3,(H,18,19). The summed E-state index contributed by atoms with van der Waals surface area (Å²) in [5, 5.41) is 9.96. The van der Waals surface area contributed by atoms with Gasteiger partial charge in [0.15, 0.2) is 0 Å². The van der Waals surface area contributed by atoms with E-state index in [-0.39, 0.29) is 5.41 Å². The first-order valence-corrected chi connectivity index (χ1v) is 6.38. The van der Waals surface area contributed by atoms with Crippen LogP contribution in [0.4, 0.5) is 0 Å². The molecular formula is C15H20N2O2. The Kier molecular flexibility index (Phi) is 3.37. The molecule has 102 valence electrons. The van der Waals surface area contributed by atoms with Crippen LogP contribution in [0, 0.1) is 0 Å². The monoisotopic (exact) mass is 260 g/mol. The van der Waals surface area contributed by atoms with Gasteiger partial charge >= 0.3 is 5.97 Å². The van der Waals surface area contributed by atoms with Crippen molar-refractivity contribution in [2.45, 2.75) is 38.6 Å². The zero-order valence-electron chi connectivity index (χ0n) is 11.5. The van der Waals surface area contributed by atoms with E-state index < -0.39 is 12.0 Å². The number of rotatable bonds is 3. The molecule has 1 aromatic carbocycles. The fourth-order valence-electron chi connectivity index (χ4n) is 2.14. The number of carboxylic acids is 1. The highest BCUT2D eigenvalue weighted by atomic mass is 16.4. The normalized spacial score (nSPS) is 13.7. The van der Waals surface area contributed by atoms with Crippen LogP contribution in [0.1, 0.15) is 31.9 Å². The van der Waals surface area contributed by atoms with E-state index in [2.05, 4.69) is 37.9 Å². The Morgan fingerprint density at radius 3 is 2.68 bits per heavy atom. The number of benzene rings is 1. The van der Waals surface area contributed by atoms with Gasteiger partial charge in [0.05, 0.1) is 0 Å². The smallest absolute Gasteiger partial charge is 0.320 e. The SMILES string of the molecule is CC(C)(C)c1ccc2[nH]cc(CC(N)C(=O)O)c2c1. The van der Waals surface area contributed by atoms with E-state index in [9.17, 15) is 4.79 Å². The number of nitrogens with one attached hydrogen (secondary N) is 1. The van der Waals surface area contributed by atoms with Crippen LogP contribution in [0.2, 0.25) is 0 Å². The maximum Gasteiger partial charge on any atom is 0.320 e. The van der Waals surface area contributed by atoms with Crippen molar-refractivity contribution in [2.24, 2.45) is 5.73 Å². The second kappa shape index (κ2) is 4.70. The van der Waals surface area contributed by atoms with Crippen molar-refractivity contribution >= 4 is 16.9 Å². The molecule has 0 spiro atoms. The molecule has 2 rings (SSSR count). The van der Waals surface area contributed by atoms with Gasteiger partial charge in [-0.3, -0.25) is 4.79 Å². The molecule has 19 heavy (non-hydrogen) atoms. The third kappa shape index (κ3) is 2.79. The van der Waals surface area contributed by atoms with Crippen molar-refractivity contribution in [1.29, 1.82) is 0 Å². The second-order valence-electron chi connectivity index (χ2n) is 5.97. The van der Waals surface area contributed by atoms with Gasteiger partial charge in [0.1, 0.15) is 6.04 Å². The predicted molar refractivity (Wildman–Crippen MR) is 76.3 cm³/mol. The molecule has 2 aromatic rings. The summed E-state index contributed by atoms with van der Waals surface area (Å²) in [5.41, 5.74) is 8.87. The van der Waals surface area contributed by atoms with Crippen molar-refractivity contribution < 1.29 is 9.90 Å². The Balaban J connectivity index is 2.43. The van der Waals surface area contributed by atoms with Crippen molar-refractivity contribution in [3.63, 3.8) is 0 Å². The Morgan fingerprint density at radius 2 is 2.11 bits per heavy atom. The van der Waals surface area contributed by atoms with E-state index in [1.54, 1.807) is 0 Å². The number of aromatic amines is 1. The van der Waals surface area contributed by atoms with Crippen LogP contribution in [-0.4, -0.2) is 22.1 Å². The molecule has 0 fully saturated rings. The summed E-state index contributed by atoms with van der Waals surface area (Å²) >= 11 is 0. The zero-order chi connectivity index (χ0) is 14.2. The van der Waals surface area contributed by atoms with Crippen LogP contribution < -0.4 is 5.73 Å². The van der Waals surface area contributed by atoms with Crippen molar-refractivity contribution in [3.8, 4) is 0 Å². The molecule has 1 heterocycles. The summed E-state index contributed by atoms with van der Waals surface area (Å²) in [6, 6.07) is 5.39. The summed E-state index contributed by atoms with van der Waals surface area (Å²) in [7, 11) is 0. The van der Waals surface area contributed by atoms with Crippen LogP contribution in [-0.2, 0) is 16.6 Å². The van der Waals surface area contributed by atoms with E-state index >= 15 is 0 Å². The van der Waals surface area contributed by atoms with Crippen LogP contribution in [0.5, 0.6) is 0 Å². The third-order valence-electron chi connectivity index (χ3n) is 3.39. The van der Waals surface area contributed by atoms with E-state index in [0.29, 0.717) is 6.42 Å². The van der Waals surface area contributed by atoms with E-state index in [0.717, 1.165) is 16.5 Å². The Bertz CT molecular complexity index is 608. The molecule has 1 atom stereocenters. The van der Waals surface area contributed by atoms with E-state index in [1.165, 1.54) is 5.56 Å². The average Bonchev–Trinajstić information content (AvgIpc) is 2.70. The predicted octanol–water partition coefficient (Wildman–Crippen LogP) is 2.42. The van der Waals surface area contributed by atoms with E-state index in [4.69, 9.17) is 10.8 Å². The van der Waals surface area contributed by atoms with Crippen LogP contribution in [0.15, 0.2) is 24.4 Å². The van der Waals surface area contributed by atoms with Gasteiger partial charge in [0, 0.05) is 23.5 Å². The minimum absolute atomic E-state index is 0.0671. The molecule has 0 radical (unpaired) electrons. The number of hydrogen-bond donors (Lipinski definition) is 3. The Morgan fingerprint density at radius 1 is 1.42 bits per heavy atom. The molecule has 0 aliphatic carbocycles. The van der Waals surface area contributed by atoms with Gasteiger partial charge in [-0.05, 0) is 28.7 Å². The second-order valence-corrected chi connectivity index (χ2v) is 5.97. The number of carboxylic acid groups (broad SMARTS) is 1. The molecule has 0 amide bonds. The lowest BCUT2D eigenvalue weighted by atomic mass is 9.86. The number of carbonyl (C=O) groups is 1. The van der Waals surface area contributed by atoms with Crippen LogP contribution in [0.25, 0.3) is 10.9 Å².